The second-order valence-corrected chi connectivity index (χ2v) is 6.86. The van der Waals surface area contributed by atoms with Gasteiger partial charge in [-0.1, -0.05) is 0 Å². The van der Waals surface area contributed by atoms with Crippen molar-refractivity contribution in [2.24, 2.45) is 5.92 Å². The van der Waals surface area contributed by atoms with Crippen LogP contribution in [0.15, 0.2) is 14.3 Å². The fourth-order valence-corrected chi connectivity index (χ4v) is 3.80. The average molecular weight is 353 g/mol. The molecule has 15 heavy (non-hydrogen) atoms. The van der Waals surface area contributed by atoms with E-state index in [4.69, 9.17) is 0 Å². The summed E-state index contributed by atoms with van der Waals surface area (Å²) in [6.07, 6.45) is 2.11. The molecular weight excluding hydrogens is 342 g/mol. The minimum Gasteiger partial charge on any atom is -0.316 e. The number of hydrogen-bond donors (Lipinski definition) is 1. The van der Waals surface area contributed by atoms with Crippen LogP contribution in [-0.4, -0.2) is 18.9 Å². The van der Waals surface area contributed by atoms with Gasteiger partial charge in [0.25, 0.3) is 0 Å². The molecule has 2 rings (SSSR count). The quantitative estimate of drug-likeness (QED) is 0.826. The standard InChI is InChI=1S/C10H11Br2NOS/c11-7-4-8(15-10(7)12)9(14)6-2-1-3-13-5-6/h4,6,13H,1-3,5H2. The van der Waals surface area contributed by atoms with Crippen LogP contribution < -0.4 is 5.32 Å². The van der Waals surface area contributed by atoms with Crippen molar-refractivity contribution in [2.75, 3.05) is 13.1 Å². The van der Waals surface area contributed by atoms with Gasteiger partial charge in [0.05, 0.1) is 8.66 Å². The predicted molar refractivity (Wildman–Crippen MR) is 69.6 cm³/mol. The summed E-state index contributed by atoms with van der Waals surface area (Å²) in [6.45, 7) is 1.87. The van der Waals surface area contributed by atoms with Gasteiger partial charge in [-0.3, -0.25) is 4.79 Å². The Labute approximate surface area is 110 Å². The summed E-state index contributed by atoms with van der Waals surface area (Å²) in [5.74, 6) is 0.440. The fourth-order valence-electron chi connectivity index (χ4n) is 1.74. The molecule has 1 aromatic rings. The normalized spacial score (nSPS) is 21.6. The Bertz CT molecular complexity index is 352. The van der Waals surface area contributed by atoms with Crippen molar-refractivity contribution in [1.82, 2.24) is 5.32 Å². The van der Waals surface area contributed by atoms with Crippen molar-refractivity contribution in [3.8, 4) is 0 Å². The Morgan fingerprint density at radius 2 is 2.33 bits per heavy atom. The van der Waals surface area contributed by atoms with Crippen LogP contribution in [-0.2, 0) is 0 Å². The number of hydrogen-bond acceptors (Lipinski definition) is 3. The first-order chi connectivity index (χ1) is 7.18. The maximum absolute atomic E-state index is 12.1. The van der Waals surface area contributed by atoms with E-state index >= 15 is 0 Å². The molecule has 1 fully saturated rings. The summed E-state index contributed by atoms with van der Waals surface area (Å²) in [5.41, 5.74) is 0. The van der Waals surface area contributed by atoms with Crippen LogP contribution >= 0.6 is 43.2 Å². The molecule has 0 radical (unpaired) electrons. The van der Waals surface area contributed by atoms with Gasteiger partial charge < -0.3 is 5.32 Å². The number of rotatable bonds is 2. The minimum atomic E-state index is 0.163. The molecule has 0 aliphatic carbocycles. The Balaban J connectivity index is 2.12. The van der Waals surface area contributed by atoms with E-state index in [1.54, 1.807) is 0 Å². The van der Waals surface area contributed by atoms with E-state index in [0.29, 0.717) is 0 Å². The van der Waals surface area contributed by atoms with Gasteiger partial charge in [0.1, 0.15) is 0 Å². The molecule has 1 unspecified atom stereocenters. The van der Waals surface area contributed by atoms with Crippen LogP contribution in [0.2, 0.25) is 0 Å². The fraction of sp³-hybridized carbons (Fsp3) is 0.500. The van der Waals surface area contributed by atoms with E-state index < -0.39 is 0 Å². The molecule has 82 valence electrons. The molecule has 1 aromatic heterocycles. The number of halogens is 2. The molecule has 0 amide bonds. The molecule has 5 heteroatoms. The molecule has 2 heterocycles. The molecule has 1 saturated heterocycles. The SMILES string of the molecule is O=C(c1cc(Br)c(Br)s1)C1CCCNC1. The Morgan fingerprint density at radius 1 is 1.53 bits per heavy atom. The second kappa shape index (κ2) is 5.08. The largest absolute Gasteiger partial charge is 0.316 e. The van der Waals surface area contributed by atoms with Crippen LogP contribution in [0.5, 0.6) is 0 Å². The molecule has 0 aromatic carbocycles. The first-order valence-electron chi connectivity index (χ1n) is 4.88. The van der Waals surface area contributed by atoms with Gasteiger partial charge in [0.2, 0.25) is 0 Å². The van der Waals surface area contributed by atoms with Crippen LogP contribution in [0, 0.1) is 5.92 Å². The minimum absolute atomic E-state index is 0.163. The molecular formula is C10H11Br2NOS. The zero-order valence-electron chi connectivity index (χ0n) is 8.06. The van der Waals surface area contributed by atoms with Crippen LogP contribution in [0.25, 0.3) is 0 Å². The maximum Gasteiger partial charge on any atom is 0.177 e. The third-order valence-electron chi connectivity index (χ3n) is 2.56. The Hall–Kier alpha value is 0.290. The molecule has 0 bridgehead atoms. The summed E-state index contributed by atoms with van der Waals surface area (Å²) in [4.78, 5) is 12.9. The second-order valence-electron chi connectivity index (χ2n) is 3.64. The number of carbonyl (C=O) groups is 1. The first kappa shape index (κ1) is 11.8. The summed E-state index contributed by atoms with van der Waals surface area (Å²) in [7, 11) is 0. The highest BCUT2D eigenvalue weighted by molar-refractivity contribution is 9.13. The Morgan fingerprint density at radius 3 is 2.87 bits per heavy atom. The summed E-state index contributed by atoms with van der Waals surface area (Å²) >= 11 is 8.32. The summed E-state index contributed by atoms with van der Waals surface area (Å²) < 4.78 is 1.97. The lowest BCUT2D eigenvalue weighted by Gasteiger charge is -2.20. The first-order valence-corrected chi connectivity index (χ1v) is 7.28. The highest BCUT2D eigenvalue weighted by Crippen LogP contribution is 2.34. The maximum atomic E-state index is 12.1. The van der Waals surface area contributed by atoms with Crippen LogP contribution in [0.4, 0.5) is 0 Å². The number of piperidine rings is 1. The van der Waals surface area contributed by atoms with Crippen molar-refractivity contribution < 1.29 is 4.79 Å². The predicted octanol–water partition coefficient (Wildman–Crippen LogP) is 3.46. The lowest BCUT2D eigenvalue weighted by Crippen LogP contribution is -2.34. The summed E-state index contributed by atoms with van der Waals surface area (Å²) in [6, 6.07) is 1.91. The number of nitrogens with one attached hydrogen (secondary N) is 1. The zero-order valence-corrected chi connectivity index (χ0v) is 12.0. The van der Waals surface area contributed by atoms with E-state index in [9.17, 15) is 4.79 Å². The van der Waals surface area contributed by atoms with Crippen molar-refractivity contribution in [3.63, 3.8) is 0 Å². The molecule has 1 N–H and O–H groups in total. The Kier molecular flexibility index (Phi) is 3.98. The van der Waals surface area contributed by atoms with Crippen molar-refractivity contribution in [3.05, 3.63) is 19.2 Å². The number of carbonyl (C=O) groups excluding carboxylic acids is 1. The summed E-state index contributed by atoms with van der Waals surface area (Å²) in [5, 5.41) is 3.27. The monoisotopic (exact) mass is 351 g/mol. The number of thiophene rings is 1. The number of Topliss-reactive ketones (excluding diaryl/α,β-unsaturated/α-hetero) is 1. The third-order valence-corrected chi connectivity index (χ3v) is 5.83. The van der Waals surface area contributed by atoms with Gasteiger partial charge in [-0.2, -0.15) is 0 Å². The molecule has 0 spiro atoms. The van der Waals surface area contributed by atoms with E-state index in [1.807, 2.05) is 6.07 Å². The van der Waals surface area contributed by atoms with Gasteiger partial charge in [0, 0.05) is 16.9 Å². The van der Waals surface area contributed by atoms with Gasteiger partial charge >= 0.3 is 0 Å². The highest BCUT2D eigenvalue weighted by Gasteiger charge is 2.24. The van der Waals surface area contributed by atoms with Crippen LogP contribution in [0.1, 0.15) is 22.5 Å². The average Bonchev–Trinajstić information content (AvgIpc) is 2.59. The van der Waals surface area contributed by atoms with Gasteiger partial charge in [-0.25, -0.2) is 0 Å². The molecule has 0 saturated carbocycles. The zero-order chi connectivity index (χ0) is 10.8. The lowest BCUT2D eigenvalue weighted by atomic mass is 9.94. The van der Waals surface area contributed by atoms with Crippen LogP contribution in [0.3, 0.4) is 0 Å². The smallest absolute Gasteiger partial charge is 0.177 e. The van der Waals surface area contributed by atoms with Gasteiger partial charge in [0.15, 0.2) is 5.78 Å². The van der Waals surface area contributed by atoms with Gasteiger partial charge in [-0.05, 0) is 57.3 Å². The molecule has 1 aliphatic heterocycles. The van der Waals surface area contributed by atoms with Crippen molar-refractivity contribution >= 4 is 49.0 Å². The van der Waals surface area contributed by atoms with E-state index in [1.165, 1.54) is 11.3 Å². The molecule has 2 nitrogen and oxygen atoms in total. The van der Waals surface area contributed by atoms with E-state index in [-0.39, 0.29) is 11.7 Å². The third kappa shape index (κ3) is 2.70. The van der Waals surface area contributed by atoms with Crippen molar-refractivity contribution in [1.29, 1.82) is 0 Å². The molecule has 1 aliphatic rings. The van der Waals surface area contributed by atoms with Crippen molar-refractivity contribution in [2.45, 2.75) is 12.8 Å². The van der Waals surface area contributed by atoms with Gasteiger partial charge in [-0.15, -0.1) is 11.3 Å². The van der Waals surface area contributed by atoms with E-state index in [0.717, 1.165) is 39.1 Å². The molecule has 1 atom stereocenters. The topological polar surface area (TPSA) is 29.1 Å². The van der Waals surface area contributed by atoms with E-state index in [2.05, 4.69) is 37.2 Å². The lowest BCUT2D eigenvalue weighted by molar-refractivity contribution is 0.0904. The number of ketones is 1. The highest BCUT2D eigenvalue weighted by atomic mass is 79.9.